The monoisotopic (exact) mass is 325 g/mol. The zero-order valence-electron chi connectivity index (χ0n) is 13.3. The minimum Gasteiger partial charge on any atom is -0.469 e. The minimum atomic E-state index is -3.26. The molecule has 0 amide bonds. The van der Waals surface area contributed by atoms with Gasteiger partial charge in [-0.15, -0.1) is 0 Å². The molecule has 0 aromatic heterocycles. The van der Waals surface area contributed by atoms with E-state index in [1.54, 1.807) is 19.1 Å². The van der Waals surface area contributed by atoms with Crippen LogP contribution in [0.2, 0.25) is 0 Å². The predicted octanol–water partition coefficient (Wildman–Crippen LogP) is 2.12. The van der Waals surface area contributed by atoms with Gasteiger partial charge in [-0.25, -0.2) is 8.42 Å². The Bertz CT molecular complexity index is 641. The van der Waals surface area contributed by atoms with Gasteiger partial charge in [0.1, 0.15) is 0 Å². The van der Waals surface area contributed by atoms with E-state index < -0.39 is 9.84 Å². The van der Waals surface area contributed by atoms with E-state index in [2.05, 4.69) is 4.90 Å². The molecular weight excluding hydrogens is 302 g/mol. The van der Waals surface area contributed by atoms with E-state index >= 15 is 0 Å². The van der Waals surface area contributed by atoms with Crippen molar-refractivity contribution >= 4 is 21.5 Å². The van der Waals surface area contributed by atoms with Gasteiger partial charge in [-0.2, -0.15) is 0 Å². The van der Waals surface area contributed by atoms with Crippen molar-refractivity contribution in [3.05, 3.63) is 24.3 Å². The molecule has 0 saturated carbocycles. The zero-order chi connectivity index (χ0) is 16.3. The number of nitrogens with zero attached hydrogens (tertiary/aromatic N) is 1. The number of rotatable bonds is 4. The Hall–Kier alpha value is -1.56. The summed E-state index contributed by atoms with van der Waals surface area (Å²) < 4.78 is 29.4. The highest BCUT2D eigenvalue weighted by atomic mass is 32.2. The highest BCUT2D eigenvalue weighted by molar-refractivity contribution is 7.91. The molecular formula is C16H23NO4S. The van der Waals surface area contributed by atoms with E-state index in [1.807, 2.05) is 19.1 Å². The van der Waals surface area contributed by atoms with E-state index in [4.69, 9.17) is 4.74 Å². The number of ether oxygens (including phenoxy) is 1. The number of para-hydroxylation sites is 1. The molecule has 22 heavy (non-hydrogen) atoms. The lowest BCUT2D eigenvalue weighted by Gasteiger charge is -2.37. The maximum Gasteiger partial charge on any atom is 0.309 e. The van der Waals surface area contributed by atoms with Crippen LogP contribution in [0.5, 0.6) is 0 Å². The fourth-order valence-electron chi connectivity index (χ4n) is 3.00. The summed E-state index contributed by atoms with van der Waals surface area (Å²) >= 11 is 0. The second-order valence-corrected chi connectivity index (χ2v) is 7.96. The van der Waals surface area contributed by atoms with Crippen LogP contribution in [-0.2, 0) is 19.4 Å². The number of benzene rings is 1. The molecule has 1 aromatic carbocycles. The van der Waals surface area contributed by atoms with E-state index in [0.717, 1.165) is 5.69 Å². The Morgan fingerprint density at radius 3 is 2.64 bits per heavy atom. The van der Waals surface area contributed by atoms with Crippen LogP contribution < -0.4 is 4.90 Å². The Balaban J connectivity index is 2.27. The molecule has 0 aliphatic carbocycles. The quantitative estimate of drug-likeness (QED) is 0.794. The van der Waals surface area contributed by atoms with Crippen LogP contribution in [-0.4, -0.2) is 40.3 Å². The van der Waals surface area contributed by atoms with Crippen molar-refractivity contribution in [3.8, 4) is 0 Å². The topological polar surface area (TPSA) is 63.7 Å². The summed E-state index contributed by atoms with van der Waals surface area (Å²) in [5.41, 5.74) is 0.736. The zero-order valence-corrected chi connectivity index (χ0v) is 14.1. The summed E-state index contributed by atoms with van der Waals surface area (Å²) in [6, 6.07) is 7.09. The summed E-state index contributed by atoms with van der Waals surface area (Å²) in [7, 11) is -1.86. The first-order valence-corrected chi connectivity index (χ1v) is 9.20. The number of carbonyl (C=O) groups excluding carboxylic acids is 1. The summed E-state index contributed by atoms with van der Waals surface area (Å²) in [5.74, 6) is -0.0885. The molecule has 0 unspecified atom stereocenters. The van der Waals surface area contributed by atoms with Crippen LogP contribution in [0.4, 0.5) is 5.69 Å². The first-order valence-electron chi connectivity index (χ1n) is 7.55. The maximum atomic E-state index is 12.3. The summed E-state index contributed by atoms with van der Waals surface area (Å²) in [6.45, 7) is 4.96. The molecule has 0 radical (unpaired) electrons. The van der Waals surface area contributed by atoms with E-state index in [9.17, 15) is 13.2 Å². The largest absolute Gasteiger partial charge is 0.469 e. The van der Waals surface area contributed by atoms with Gasteiger partial charge in [-0.05, 0) is 24.5 Å². The molecule has 1 aliphatic rings. The van der Waals surface area contributed by atoms with Crippen molar-refractivity contribution in [2.45, 2.75) is 25.2 Å². The highest BCUT2D eigenvalue weighted by Crippen LogP contribution is 2.32. The van der Waals surface area contributed by atoms with Gasteiger partial charge in [0.2, 0.25) is 0 Å². The number of piperidine rings is 1. The van der Waals surface area contributed by atoms with E-state index in [1.165, 1.54) is 7.11 Å². The van der Waals surface area contributed by atoms with E-state index in [0.29, 0.717) is 24.4 Å². The minimum absolute atomic E-state index is 0.0815. The van der Waals surface area contributed by atoms with Crippen LogP contribution in [0.25, 0.3) is 0 Å². The second-order valence-electron chi connectivity index (χ2n) is 5.71. The Morgan fingerprint density at radius 2 is 2.05 bits per heavy atom. The molecule has 0 N–H and O–H groups in total. The third kappa shape index (κ3) is 3.27. The van der Waals surface area contributed by atoms with Gasteiger partial charge in [-0.1, -0.05) is 26.0 Å². The normalized spacial score (nSPS) is 22.4. The van der Waals surface area contributed by atoms with Crippen LogP contribution in [0.15, 0.2) is 29.2 Å². The lowest BCUT2D eigenvalue weighted by atomic mass is 9.86. The Kier molecular flexibility index (Phi) is 5.11. The van der Waals surface area contributed by atoms with Crippen molar-refractivity contribution in [3.63, 3.8) is 0 Å². The average molecular weight is 325 g/mol. The number of sulfone groups is 1. The molecule has 2 rings (SSSR count). The van der Waals surface area contributed by atoms with Gasteiger partial charge < -0.3 is 9.64 Å². The Labute approximate surface area is 132 Å². The fraction of sp³-hybridized carbons (Fsp3) is 0.562. The third-order valence-corrected chi connectivity index (χ3v) is 6.11. The summed E-state index contributed by atoms with van der Waals surface area (Å²) in [4.78, 5) is 14.2. The summed E-state index contributed by atoms with van der Waals surface area (Å²) in [6.07, 6.45) is 0.675. The molecule has 0 bridgehead atoms. The number of anilines is 1. The fourth-order valence-corrected chi connectivity index (χ4v) is 4.12. The molecule has 5 nitrogen and oxygen atoms in total. The van der Waals surface area contributed by atoms with Crippen molar-refractivity contribution in [2.24, 2.45) is 11.8 Å². The van der Waals surface area contributed by atoms with Gasteiger partial charge in [0.15, 0.2) is 9.84 Å². The van der Waals surface area contributed by atoms with Gasteiger partial charge in [0, 0.05) is 13.1 Å². The molecule has 1 heterocycles. The molecule has 1 fully saturated rings. The standard InChI is InChI=1S/C16H23NO4S/c1-4-22(19,20)15-8-6-5-7-14(15)17-10-9-13(12(2)11-17)16(18)21-3/h5-8,12-13H,4,9-11H2,1-3H3/t12-,13-/m1/s1. The molecule has 1 aliphatic heterocycles. The first kappa shape index (κ1) is 16.8. The van der Waals surface area contributed by atoms with Crippen molar-refractivity contribution < 1.29 is 17.9 Å². The van der Waals surface area contributed by atoms with Crippen molar-refractivity contribution in [2.75, 3.05) is 30.9 Å². The maximum absolute atomic E-state index is 12.3. The van der Waals surface area contributed by atoms with Gasteiger partial charge >= 0.3 is 5.97 Å². The Morgan fingerprint density at radius 1 is 1.36 bits per heavy atom. The molecule has 1 aromatic rings. The third-order valence-electron chi connectivity index (χ3n) is 4.33. The van der Waals surface area contributed by atoms with E-state index in [-0.39, 0.29) is 23.6 Å². The van der Waals surface area contributed by atoms with Crippen LogP contribution >= 0.6 is 0 Å². The molecule has 1 saturated heterocycles. The predicted molar refractivity (Wildman–Crippen MR) is 85.7 cm³/mol. The average Bonchev–Trinajstić information content (AvgIpc) is 2.54. The van der Waals surface area contributed by atoms with Crippen LogP contribution in [0.1, 0.15) is 20.3 Å². The SMILES string of the molecule is CCS(=O)(=O)c1ccccc1N1CC[C@@H](C(=O)OC)[C@H](C)C1. The smallest absolute Gasteiger partial charge is 0.309 e. The van der Waals surface area contributed by atoms with Crippen LogP contribution in [0, 0.1) is 11.8 Å². The van der Waals surface area contributed by atoms with Gasteiger partial charge in [0.25, 0.3) is 0 Å². The number of hydrogen-bond donors (Lipinski definition) is 0. The van der Waals surface area contributed by atoms with Gasteiger partial charge in [0.05, 0.1) is 29.4 Å². The molecule has 2 atom stereocenters. The highest BCUT2D eigenvalue weighted by Gasteiger charge is 2.33. The first-order chi connectivity index (χ1) is 10.4. The van der Waals surface area contributed by atoms with Crippen molar-refractivity contribution in [1.29, 1.82) is 0 Å². The summed E-state index contributed by atoms with van der Waals surface area (Å²) in [5, 5.41) is 0. The molecule has 122 valence electrons. The molecule has 6 heteroatoms. The lowest BCUT2D eigenvalue weighted by molar-refractivity contribution is -0.147. The van der Waals surface area contributed by atoms with Crippen LogP contribution in [0.3, 0.4) is 0 Å². The number of hydrogen-bond acceptors (Lipinski definition) is 5. The van der Waals surface area contributed by atoms with Gasteiger partial charge in [-0.3, -0.25) is 4.79 Å². The number of carbonyl (C=O) groups is 1. The lowest BCUT2D eigenvalue weighted by Crippen LogP contribution is -2.43. The number of esters is 1. The molecule has 0 spiro atoms. The number of methoxy groups -OCH3 is 1. The van der Waals surface area contributed by atoms with Crippen molar-refractivity contribution in [1.82, 2.24) is 0 Å². The second kappa shape index (κ2) is 6.69.